The standard InChI is InChI=1S/C19H18FN3O3/c1-23(11-16-9-13-7-14(20)5-6-17(13)22-16)19(26)12-3-2-4-15(8-12)21-10-18(24)25/h2-9,21-22H,10-11H2,1H3,(H,24,25). The summed E-state index contributed by atoms with van der Waals surface area (Å²) < 4.78 is 13.3. The minimum absolute atomic E-state index is 0.200. The SMILES string of the molecule is CN(Cc1cc2cc(F)ccc2[nH]1)C(=O)c1cccc(NCC(=O)O)c1. The Morgan fingerprint density at radius 3 is 2.77 bits per heavy atom. The minimum Gasteiger partial charge on any atom is -0.480 e. The molecule has 0 aliphatic carbocycles. The number of halogens is 1. The number of carbonyl (C=O) groups excluding carboxylic acids is 1. The summed E-state index contributed by atoms with van der Waals surface area (Å²) in [7, 11) is 1.67. The number of H-pyrrole nitrogens is 1. The van der Waals surface area contributed by atoms with Crippen molar-refractivity contribution in [2.75, 3.05) is 18.9 Å². The van der Waals surface area contributed by atoms with Crippen molar-refractivity contribution < 1.29 is 19.1 Å². The molecule has 0 spiro atoms. The van der Waals surface area contributed by atoms with Crippen LogP contribution in [-0.4, -0.2) is 40.5 Å². The fourth-order valence-corrected chi connectivity index (χ4v) is 2.74. The topological polar surface area (TPSA) is 85.4 Å². The molecule has 2 aromatic carbocycles. The number of fused-ring (bicyclic) bond motifs is 1. The Hall–Kier alpha value is -3.35. The normalized spacial score (nSPS) is 10.7. The van der Waals surface area contributed by atoms with Crippen LogP contribution < -0.4 is 5.32 Å². The lowest BCUT2D eigenvalue weighted by molar-refractivity contribution is -0.134. The Balaban J connectivity index is 1.72. The third kappa shape index (κ3) is 4.00. The van der Waals surface area contributed by atoms with Gasteiger partial charge < -0.3 is 20.3 Å². The highest BCUT2D eigenvalue weighted by atomic mass is 19.1. The molecule has 0 aliphatic heterocycles. The number of carbonyl (C=O) groups is 2. The maximum atomic E-state index is 13.3. The molecule has 0 radical (unpaired) electrons. The lowest BCUT2D eigenvalue weighted by atomic mass is 10.1. The molecule has 0 bridgehead atoms. The van der Waals surface area contributed by atoms with Gasteiger partial charge in [-0.05, 0) is 42.5 Å². The van der Waals surface area contributed by atoms with Crippen LogP contribution in [0, 0.1) is 5.82 Å². The zero-order valence-corrected chi connectivity index (χ0v) is 14.1. The van der Waals surface area contributed by atoms with Gasteiger partial charge in [-0.1, -0.05) is 6.07 Å². The van der Waals surface area contributed by atoms with Gasteiger partial charge >= 0.3 is 5.97 Å². The van der Waals surface area contributed by atoms with E-state index in [1.807, 2.05) is 6.07 Å². The van der Waals surface area contributed by atoms with E-state index in [2.05, 4.69) is 10.3 Å². The molecule has 1 heterocycles. The van der Waals surface area contributed by atoms with Gasteiger partial charge in [0.2, 0.25) is 0 Å². The summed E-state index contributed by atoms with van der Waals surface area (Å²) in [5, 5.41) is 12.2. The first-order chi connectivity index (χ1) is 12.4. The van der Waals surface area contributed by atoms with E-state index in [0.717, 1.165) is 16.6 Å². The van der Waals surface area contributed by atoms with Crippen LogP contribution in [0.3, 0.4) is 0 Å². The van der Waals surface area contributed by atoms with Gasteiger partial charge in [0.1, 0.15) is 12.4 Å². The molecule has 7 heteroatoms. The van der Waals surface area contributed by atoms with Gasteiger partial charge in [-0.2, -0.15) is 0 Å². The van der Waals surface area contributed by atoms with Crippen molar-refractivity contribution in [3.05, 3.63) is 65.6 Å². The number of nitrogens with zero attached hydrogens (tertiary/aromatic N) is 1. The molecule has 1 amide bonds. The van der Waals surface area contributed by atoms with Gasteiger partial charge in [0.15, 0.2) is 0 Å². The molecule has 6 nitrogen and oxygen atoms in total. The molecule has 3 N–H and O–H groups in total. The molecule has 0 saturated heterocycles. The Morgan fingerprint density at radius 2 is 2.00 bits per heavy atom. The number of benzene rings is 2. The monoisotopic (exact) mass is 355 g/mol. The lowest BCUT2D eigenvalue weighted by Gasteiger charge is -2.17. The van der Waals surface area contributed by atoms with Crippen LogP contribution in [0.1, 0.15) is 16.1 Å². The number of carboxylic acid groups (broad SMARTS) is 1. The summed E-state index contributed by atoms with van der Waals surface area (Å²) in [5.41, 5.74) is 2.61. The van der Waals surface area contributed by atoms with E-state index in [0.29, 0.717) is 17.8 Å². The van der Waals surface area contributed by atoms with Crippen molar-refractivity contribution in [2.24, 2.45) is 0 Å². The van der Waals surface area contributed by atoms with Gasteiger partial charge in [-0.25, -0.2) is 4.39 Å². The van der Waals surface area contributed by atoms with Crippen molar-refractivity contribution in [1.82, 2.24) is 9.88 Å². The smallest absolute Gasteiger partial charge is 0.322 e. The highest BCUT2D eigenvalue weighted by Crippen LogP contribution is 2.19. The Morgan fingerprint density at radius 1 is 1.19 bits per heavy atom. The Labute approximate surface area is 149 Å². The summed E-state index contributed by atoms with van der Waals surface area (Å²) in [5.74, 6) is -1.49. The van der Waals surface area contributed by atoms with E-state index in [-0.39, 0.29) is 18.3 Å². The first-order valence-corrected chi connectivity index (χ1v) is 8.01. The molecule has 0 saturated carbocycles. The van der Waals surface area contributed by atoms with E-state index < -0.39 is 5.97 Å². The van der Waals surface area contributed by atoms with Gasteiger partial charge in [0, 0.05) is 34.9 Å². The summed E-state index contributed by atoms with van der Waals surface area (Å²) in [6, 6.07) is 13.0. The van der Waals surface area contributed by atoms with Gasteiger partial charge in [0.25, 0.3) is 5.91 Å². The number of anilines is 1. The largest absolute Gasteiger partial charge is 0.480 e. The number of rotatable bonds is 6. The third-order valence-corrected chi connectivity index (χ3v) is 3.95. The first-order valence-electron chi connectivity index (χ1n) is 8.01. The minimum atomic E-state index is -0.978. The van der Waals surface area contributed by atoms with Gasteiger partial charge in [-0.3, -0.25) is 9.59 Å². The predicted octanol–water partition coefficient (Wildman–Crippen LogP) is 3.08. The number of hydrogen-bond donors (Lipinski definition) is 3. The molecule has 0 aliphatic rings. The van der Waals surface area contributed by atoms with E-state index in [1.165, 1.54) is 17.0 Å². The van der Waals surface area contributed by atoms with Crippen LogP contribution in [0.5, 0.6) is 0 Å². The van der Waals surface area contributed by atoms with Crippen molar-refractivity contribution in [3.8, 4) is 0 Å². The fourth-order valence-electron chi connectivity index (χ4n) is 2.74. The van der Waals surface area contributed by atoms with Crippen LogP contribution in [0.15, 0.2) is 48.5 Å². The maximum absolute atomic E-state index is 13.3. The predicted molar refractivity (Wildman–Crippen MR) is 96.6 cm³/mol. The quantitative estimate of drug-likeness (QED) is 0.634. The Bertz CT molecular complexity index is 968. The van der Waals surface area contributed by atoms with Crippen LogP contribution >= 0.6 is 0 Å². The number of aromatic amines is 1. The molecule has 0 unspecified atom stereocenters. The van der Waals surface area contributed by atoms with Crippen molar-refractivity contribution >= 4 is 28.5 Å². The van der Waals surface area contributed by atoms with E-state index >= 15 is 0 Å². The highest BCUT2D eigenvalue weighted by molar-refractivity contribution is 5.95. The fraction of sp³-hybridized carbons (Fsp3) is 0.158. The molecule has 1 aromatic heterocycles. The molecule has 0 atom stereocenters. The van der Waals surface area contributed by atoms with Crippen LogP contribution in [0.25, 0.3) is 10.9 Å². The number of hydrogen-bond acceptors (Lipinski definition) is 3. The summed E-state index contributed by atoms with van der Waals surface area (Å²) >= 11 is 0. The van der Waals surface area contributed by atoms with Crippen LogP contribution in [0.4, 0.5) is 10.1 Å². The Kier molecular flexibility index (Phi) is 4.88. The highest BCUT2D eigenvalue weighted by Gasteiger charge is 2.14. The molecule has 0 fully saturated rings. The maximum Gasteiger partial charge on any atom is 0.322 e. The number of amides is 1. The second-order valence-electron chi connectivity index (χ2n) is 6.02. The zero-order valence-electron chi connectivity index (χ0n) is 14.1. The molecule has 134 valence electrons. The van der Waals surface area contributed by atoms with E-state index in [4.69, 9.17) is 5.11 Å². The van der Waals surface area contributed by atoms with Crippen molar-refractivity contribution in [2.45, 2.75) is 6.54 Å². The molecule has 26 heavy (non-hydrogen) atoms. The number of aliphatic carboxylic acids is 1. The number of nitrogens with one attached hydrogen (secondary N) is 2. The summed E-state index contributed by atoms with van der Waals surface area (Å²) in [4.78, 5) is 28.0. The molecular formula is C19H18FN3O3. The lowest BCUT2D eigenvalue weighted by Crippen LogP contribution is -2.26. The van der Waals surface area contributed by atoms with Gasteiger partial charge in [0.05, 0.1) is 6.54 Å². The molecule has 3 rings (SSSR count). The molecule has 3 aromatic rings. The summed E-state index contributed by atoms with van der Waals surface area (Å²) in [6.45, 7) is 0.112. The first kappa shape index (κ1) is 17.5. The van der Waals surface area contributed by atoms with Crippen LogP contribution in [-0.2, 0) is 11.3 Å². The second-order valence-corrected chi connectivity index (χ2v) is 6.02. The molecular weight excluding hydrogens is 337 g/mol. The summed E-state index contributed by atoms with van der Waals surface area (Å²) in [6.07, 6.45) is 0. The second kappa shape index (κ2) is 7.26. The van der Waals surface area contributed by atoms with E-state index in [9.17, 15) is 14.0 Å². The van der Waals surface area contributed by atoms with Crippen LogP contribution in [0.2, 0.25) is 0 Å². The average molecular weight is 355 g/mol. The third-order valence-electron chi connectivity index (χ3n) is 3.95. The number of carboxylic acids is 1. The number of aromatic nitrogens is 1. The van der Waals surface area contributed by atoms with Crippen molar-refractivity contribution in [3.63, 3.8) is 0 Å². The van der Waals surface area contributed by atoms with Gasteiger partial charge in [-0.15, -0.1) is 0 Å². The van der Waals surface area contributed by atoms with E-state index in [1.54, 1.807) is 37.4 Å². The average Bonchev–Trinajstić information content (AvgIpc) is 3.00. The zero-order chi connectivity index (χ0) is 18.7. The van der Waals surface area contributed by atoms with Crippen molar-refractivity contribution in [1.29, 1.82) is 0 Å².